The lowest BCUT2D eigenvalue weighted by Gasteiger charge is -2.13. The Morgan fingerprint density at radius 2 is 1.83 bits per heavy atom. The highest BCUT2D eigenvalue weighted by molar-refractivity contribution is 5.97. The first-order chi connectivity index (χ1) is 14.0. The van der Waals surface area contributed by atoms with Crippen molar-refractivity contribution in [1.29, 1.82) is 5.26 Å². The Bertz CT molecular complexity index is 945. The van der Waals surface area contributed by atoms with Gasteiger partial charge in [0.1, 0.15) is 18.2 Å². The number of nitrogens with zero attached hydrogens (tertiary/aromatic N) is 2. The minimum absolute atomic E-state index is 0.00907. The number of ether oxygens (including phenoxy) is 3. The topological polar surface area (TPSA) is 112 Å². The molecular formula is C21H20N2O6. The minimum Gasteiger partial charge on any atom is -0.490 e. The smallest absolute Gasteiger partial charge is 0.348 e. The summed E-state index contributed by atoms with van der Waals surface area (Å²) in [5.74, 6) is 0.229. The molecule has 29 heavy (non-hydrogen) atoms. The maximum absolute atomic E-state index is 11.8. The van der Waals surface area contributed by atoms with Crippen LogP contribution in [0.15, 0.2) is 48.0 Å². The van der Waals surface area contributed by atoms with Gasteiger partial charge in [0.2, 0.25) is 0 Å². The fourth-order valence-corrected chi connectivity index (χ4v) is 2.39. The molecular weight excluding hydrogens is 376 g/mol. The Kier molecular flexibility index (Phi) is 7.74. The molecule has 0 saturated heterocycles. The maximum Gasteiger partial charge on any atom is 0.348 e. The van der Waals surface area contributed by atoms with Gasteiger partial charge in [-0.1, -0.05) is 6.07 Å². The van der Waals surface area contributed by atoms with Gasteiger partial charge >= 0.3 is 5.97 Å². The van der Waals surface area contributed by atoms with Crippen molar-refractivity contribution in [2.45, 2.75) is 20.5 Å². The van der Waals surface area contributed by atoms with Crippen molar-refractivity contribution in [3.63, 3.8) is 0 Å². The van der Waals surface area contributed by atoms with Gasteiger partial charge in [-0.05, 0) is 55.3 Å². The quantitative estimate of drug-likeness (QED) is 0.207. The molecule has 0 aliphatic carbocycles. The average molecular weight is 396 g/mol. The van der Waals surface area contributed by atoms with E-state index < -0.39 is 10.9 Å². The van der Waals surface area contributed by atoms with Gasteiger partial charge in [-0.15, -0.1) is 0 Å². The van der Waals surface area contributed by atoms with E-state index in [0.717, 1.165) is 5.56 Å². The highest BCUT2D eigenvalue weighted by Gasteiger charge is 2.12. The second-order valence-electron chi connectivity index (χ2n) is 5.74. The van der Waals surface area contributed by atoms with Gasteiger partial charge in [-0.25, -0.2) is 4.79 Å². The fourth-order valence-electron chi connectivity index (χ4n) is 2.39. The van der Waals surface area contributed by atoms with Gasteiger partial charge in [0.15, 0.2) is 11.5 Å². The van der Waals surface area contributed by atoms with E-state index in [1.54, 1.807) is 37.3 Å². The van der Waals surface area contributed by atoms with Crippen LogP contribution in [0.2, 0.25) is 0 Å². The summed E-state index contributed by atoms with van der Waals surface area (Å²) in [4.78, 5) is 22.0. The Labute approximate surface area is 168 Å². The predicted octanol–water partition coefficient (Wildman–Crippen LogP) is 4.04. The largest absolute Gasteiger partial charge is 0.490 e. The second-order valence-corrected chi connectivity index (χ2v) is 5.74. The van der Waals surface area contributed by atoms with Crippen molar-refractivity contribution < 1.29 is 23.9 Å². The van der Waals surface area contributed by atoms with Gasteiger partial charge in [0.25, 0.3) is 5.69 Å². The van der Waals surface area contributed by atoms with E-state index in [9.17, 15) is 14.9 Å². The normalized spacial score (nSPS) is 10.7. The second kappa shape index (κ2) is 10.5. The lowest BCUT2D eigenvalue weighted by atomic mass is 10.1. The van der Waals surface area contributed by atoms with Crippen molar-refractivity contribution in [2.75, 3.05) is 13.2 Å². The monoisotopic (exact) mass is 396 g/mol. The first-order valence-electron chi connectivity index (χ1n) is 8.90. The average Bonchev–Trinajstić information content (AvgIpc) is 2.72. The molecule has 2 rings (SSSR count). The Morgan fingerprint density at radius 3 is 2.41 bits per heavy atom. The summed E-state index contributed by atoms with van der Waals surface area (Å²) in [6, 6.07) is 12.9. The van der Waals surface area contributed by atoms with Crippen molar-refractivity contribution in [2.24, 2.45) is 0 Å². The predicted molar refractivity (Wildman–Crippen MR) is 105 cm³/mol. The highest BCUT2D eigenvalue weighted by Crippen LogP contribution is 2.30. The van der Waals surface area contributed by atoms with Crippen molar-refractivity contribution in [1.82, 2.24) is 0 Å². The van der Waals surface area contributed by atoms with Crippen LogP contribution in [0.5, 0.6) is 11.5 Å². The van der Waals surface area contributed by atoms with Crippen LogP contribution in [0.1, 0.15) is 25.0 Å². The van der Waals surface area contributed by atoms with Crippen molar-refractivity contribution in [3.05, 3.63) is 69.3 Å². The number of nitro groups is 1. The van der Waals surface area contributed by atoms with E-state index in [-0.39, 0.29) is 24.5 Å². The third kappa shape index (κ3) is 6.07. The van der Waals surface area contributed by atoms with Gasteiger partial charge in [0, 0.05) is 12.1 Å². The summed E-state index contributed by atoms with van der Waals surface area (Å²) in [7, 11) is 0. The molecule has 2 aromatic rings. The van der Waals surface area contributed by atoms with Crippen LogP contribution in [0, 0.1) is 21.4 Å². The zero-order valence-corrected chi connectivity index (χ0v) is 16.1. The molecule has 0 aliphatic rings. The molecule has 0 spiro atoms. The third-order valence-corrected chi connectivity index (χ3v) is 3.74. The molecule has 0 aromatic heterocycles. The van der Waals surface area contributed by atoms with E-state index >= 15 is 0 Å². The summed E-state index contributed by atoms with van der Waals surface area (Å²) < 4.78 is 16.2. The zero-order valence-electron chi connectivity index (χ0n) is 16.1. The minimum atomic E-state index is -0.688. The maximum atomic E-state index is 11.8. The van der Waals surface area contributed by atoms with Crippen molar-refractivity contribution in [3.8, 4) is 17.6 Å². The van der Waals surface area contributed by atoms with Crippen LogP contribution in [0.4, 0.5) is 5.69 Å². The molecule has 150 valence electrons. The molecule has 0 N–H and O–H groups in total. The zero-order chi connectivity index (χ0) is 21.2. The molecule has 0 amide bonds. The number of rotatable bonds is 9. The van der Waals surface area contributed by atoms with Crippen LogP contribution in [-0.4, -0.2) is 24.1 Å². The lowest BCUT2D eigenvalue weighted by molar-refractivity contribution is -0.384. The number of non-ortho nitro benzene ring substituents is 1. The lowest BCUT2D eigenvalue weighted by Crippen LogP contribution is -2.06. The van der Waals surface area contributed by atoms with Crippen LogP contribution in [-0.2, 0) is 16.1 Å². The Hall–Kier alpha value is -3.86. The summed E-state index contributed by atoms with van der Waals surface area (Å²) in [6.07, 6.45) is 1.42. The standard InChI is InChI=1S/C21H20N2O6/c1-3-27-20-12-16(11-17(13-22)21(24)28-4-2)7-10-19(20)29-14-15-5-8-18(9-6-15)23(25)26/h5-12H,3-4,14H2,1-2H3/b17-11-. The molecule has 0 saturated carbocycles. The summed E-state index contributed by atoms with van der Waals surface area (Å²) in [5.41, 5.74) is 1.24. The Morgan fingerprint density at radius 1 is 1.10 bits per heavy atom. The van der Waals surface area contributed by atoms with Gasteiger partial charge in [-0.3, -0.25) is 10.1 Å². The Balaban J connectivity index is 2.19. The molecule has 8 nitrogen and oxygen atoms in total. The number of nitriles is 1. The summed E-state index contributed by atoms with van der Waals surface area (Å²) in [5, 5.41) is 19.9. The number of hydrogen-bond acceptors (Lipinski definition) is 7. The number of hydrogen-bond donors (Lipinski definition) is 0. The SMILES string of the molecule is CCOC(=O)/C(C#N)=C\c1ccc(OCc2ccc([N+](=O)[O-])cc2)c(OCC)c1. The van der Waals surface area contributed by atoms with E-state index in [2.05, 4.69) is 0 Å². The number of carbonyl (C=O) groups excluding carboxylic acids is 1. The summed E-state index contributed by atoms with van der Waals surface area (Å²) >= 11 is 0. The molecule has 8 heteroatoms. The van der Waals surface area contributed by atoms with E-state index in [1.807, 2.05) is 13.0 Å². The third-order valence-electron chi connectivity index (χ3n) is 3.74. The van der Waals surface area contributed by atoms with E-state index in [1.165, 1.54) is 18.2 Å². The fraction of sp³-hybridized carbons (Fsp3) is 0.238. The van der Waals surface area contributed by atoms with E-state index in [4.69, 9.17) is 19.5 Å². The first-order valence-corrected chi connectivity index (χ1v) is 8.90. The number of nitro benzene ring substituents is 1. The van der Waals surface area contributed by atoms with Crippen molar-refractivity contribution >= 4 is 17.7 Å². The molecule has 0 heterocycles. The molecule has 0 fully saturated rings. The highest BCUT2D eigenvalue weighted by atomic mass is 16.6. The number of esters is 1. The molecule has 0 atom stereocenters. The molecule has 2 aromatic carbocycles. The van der Waals surface area contributed by atoms with Crippen LogP contribution in [0.25, 0.3) is 6.08 Å². The van der Waals surface area contributed by atoms with E-state index in [0.29, 0.717) is 23.7 Å². The molecule has 0 unspecified atom stereocenters. The molecule has 0 bridgehead atoms. The van der Waals surface area contributed by atoms with Gasteiger partial charge in [0.05, 0.1) is 18.1 Å². The summed E-state index contributed by atoms with van der Waals surface area (Å²) in [6.45, 7) is 4.25. The van der Waals surface area contributed by atoms with Crippen LogP contribution < -0.4 is 9.47 Å². The number of benzene rings is 2. The van der Waals surface area contributed by atoms with Gasteiger partial charge in [-0.2, -0.15) is 5.26 Å². The number of carbonyl (C=O) groups is 1. The molecule has 0 aliphatic heterocycles. The van der Waals surface area contributed by atoms with Gasteiger partial charge < -0.3 is 14.2 Å². The van der Waals surface area contributed by atoms with Crippen LogP contribution in [0.3, 0.4) is 0 Å². The van der Waals surface area contributed by atoms with Crippen LogP contribution >= 0.6 is 0 Å². The molecule has 0 radical (unpaired) electrons. The first kappa shape index (κ1) is 21.4.